The van der Waals surface area contributed by atoms with Gasteiger partial charge in [-0.1, -0.05) is 6.07 Å². The molecule has 2 aromatic carbocycles. The summed E-state index contributed by atoms with van der Waals surface area (Å²) in [7, 11) is 0. The fourth-order valence-corrected chi connectivity index (χ4v) is 2.91. The van der Waals surface area contributed by atoms with E-state index in [1.54, 1.807) is 6.07 Å². The van der Waals surface area contributed by atoms with Crippen molar-refractivity contribution in [1.82, 2.24) is 0 Å². The Kier molecular flexibility index (Phi) is 3.58. The van der Waals surface area contributed by atoms with Gasteiger partial charge in [0.2, 0.25) is 0 Å². The molecule has 112 valence electrons. The van der Waals surface area contributed by atoms with Crippen molar-refractivity contribution >= 4 is 33.0 Å². The normalized spacial score (nSPS) is 10.9. The van der Waals surface area contributed by atoms with Crippen LogP contribution in [0.5, 0.6) is 0 Å². The molecule has 0 spiro atoms. The molecule has 1 aromatic heterocycles. The average molecular weight is 325 g/mol. The molecule has 0 atom stereocenters. The van der Waals surface area contributed by atoms with Crippen molar-refractivity contribution in [2.75, 3.05) is 5.32 Å². The highest BCUT2D eigenvalue weighted by Gasteiger charge is 2.17. The smallest absolute Gasteiger partial charge is 0.265 e. The molecule has 0 fully saturated rings. The number of rotatable bonds is 2. The first kappa shape index (κ1) is 14.5. The molecule has 0 radical (unpaired) electrons. The highest BCUT2D eigenvalue weighted by molar-refractivity contribution is 7.20. The molecule has 0 saturated heterocycles. The van der Waals surface area contributed by atoms with Gasteiger partial charge in [-0.2, -0.15) is 0 Å². The van der Waals surface area contributed by atoms with E-state index in [1.807, 2.05) is 0 Å². The van der Waals surface area contributed by atoms with Gasteiger partial charge in [0.15, 0.2) is 17.5 Å². The van der Waals surface area contributed by atoms with Gasteiger partial charge in [0.05, 0.1) is 10.6 Å². The molecule has 22 heavy (non-hydrogen) atoms. The Morgan fingerprint density at radius 3 is 2.45 bits per heavy atom. The van der Waals surface area contributed by atoms with Gasteiger partial charge in [0, 0.05) is 10.1 Å². The van der Waals surface area contributed by atoms with Crippen LogP contribution in [0.2, 0.25) is 0 Å². The number of halogens is 4. The maximum Gasteiger partial charge on any atom is 0.265 e. The predicted molar refractivity (Wildman–Crippen MR) is 76.1 cm³/mol. The van der Waals surface area contributed by atoms with Gasteiger partial charge in [0.25, 0.3) is 5.91 Å². The second-order valence-corrected chi connectivity index (χ2v) is 5.52. The van der Waals surface area contributed by atoms with Crippen LogP contribution < -0.4 is 5.32 Å². The molecule has 0 aliphatic rings. The van der Waals surface area contributed by atoms with Crippen molar-refractivity contribution in [3.8, 4) is 0 Å². The minimum atomic E-state index is -1.67. The van der Waals surface area contributed by atoms with E-state index in [-0.39, 0.29) is 10.3 Å². The molecule has 2 nitrogen and oxygen atoms in total. The maximum absolute atomic E-state index is 13.6. The molecule has 1 heterocycles. The molecule has 0 saturated carbocycles. The van der Waals surface area contributed by atoms with Gasteiger partial charge in [-0.05, 0) is 30.3 Å². The lowest BCUT2D eigenvalue weighted by Crippen LogP contribution is -2.12. The van der Waals surface area contributed by atoms with E-state index < -0.39 is 34.9 Å². The van der Waals surface area contributed by atoms with Crippen LogP contribution in [0, 0.1) is 23.3 Å². The number of hydrogen-bond donors (Lipinski definition) is 1. The monoisotopic (exact) mass is 325 g/mol. The summed E-state index contributed by atoms with van der Waals surface area (Å²) in [6.07, 6.45) is 0. The summed E-state index contributed by atoms with van der Waals surface area (Å²) in [5.41, 5.74) is -0.484. The molecule has 3 aromatic rings. The van der Waals surface area contributed by atoms with Crippen LogP contribution in [0.25, 0.3) is 10.1 Å². The lowest BCUT2D eigenvalue weighted by molar-refractivity contribution is 0.103. The van der Waals surface area contributed by atoms with E-state index in [0.29, 0.717) is 10.8 Å². The SMILES string of the molecule is O=C(Nc1ccc(F)c(F)c1F)c1cc2c(F)cccc2s1. The summed E-state index contributed by atoms with van der Waals surface area (Å²) >= 11 is 1.01. The molecular formula is C15H7F4NOS. The minimum Gasteiger partial charge on any atom is -0.319 e. The van der Waals surface area contributed by atoms with E-state index in [9.17, 15) is 22.4 Å². The van der Waals surface area contributed by atoms with Crippen molar-refractivity contribution in [3.63, 3.8) is 0 Å². The van der Waals surface area contributed by atoms with Crippen LogP contribution in [0.1, 0.15) is 9.67 Å². The fourth-order valence-electron chi connectivity index (χ4n) is 1.94. The molecule has 7 heteroatoms. The van der Waals surface area contributed by atoms with Crippen molar-refractivity contribution in [2.24, 2.45) is 0 Å². The van der Waals surface area contributed by atoms with Crippen LogP contribution in [-0.2, 0) is 0 Å². The van der Waals surface area contributed by atoms with Crippen molar-refractivity contribution in [1.29, 1.82) is 0 Å². The standard InChI is InChI=1S/C15H7F4NOS/c16-8-2-1-3-11-7(8)6-12(22-11)15(21)20-10-5-4-9(17)13(18)14(10)19/h1-6H,(H,20,21). The third-order valence-corrected chi connectivity index (χ3v) is 4.11. The zero-order valence-corrected chi connectivity index (χ0v) is 11.6. The number of amides is 1. The molecule has 0 unspecified atom stereocenters. The highest BCUT2D eigenvalue weighted by Crippen LogP contribution is 2.28. The van der Waals surface area contributed by atoms with Crippen LogP contribution in [0.3, 0.4) is 0 Å². The van der Waals surface area contributed by atoms with Gasteiger partial charge in [-0.3, -0.25) is 4.79 Å². The zero-order chi connectivity index (χ0) is 15.9. The zero-order valence-electron chi connectivity index (χ0n) is 10.8. The highest BCUT2D eigenvalue weighted by atomic mass is 32.1. The Morgan fingerprint density at radius 1 is 0.955 bits per heavy atom. The van der Waals surface area contributed by atoms with E-state index in [0.717, 1.165) is 17.4 Å². The summed E-state index contributed by atoms with van der Waals surface area (Å²) in [6, 6.07) is 7.34. The average Bonchev–Trinajstić information content (AvgIpc) is 2.93. The largest absolute Gasteiger partial charge is 0.319 e. The summed E-state index contributed by atoms with van der Waals surface area (Å²) in [6.45, 7) is 0. The molecule has 0 aliphatic heterocycles. The first-order chi connectivity index (χ1) is 10.5. The first-order valence-electron chi connectivity index (χ1n) is 6.10. The van der Waals surface area contributed by atoms with Gasteiger partial charge in [0.1, 0.15) is 5.82 Å². The Balaban J connectivity index is 1.94. The van der Waals surface area contributed by atoms with Crippen LogP contribution in [-0.4, -0.2) is 5.91 Å². The maximum atomic E-state index is 13.6. The van der Waals surface area contributed by atoms with Gasteiger partial charge in [-0.15, -0.1) is 11.3 Å². The minimum absolute atomic E-state index is 0.129. The summed E-state index contributed by atoms with van der Waals surface area (Å²) < 4.78 is 53.6. The summed E-state index contributed by atoms with van der Waals surface area (Å²) in [5, 5.41) is 2.41. The van der Waals surface area contributed by atoms with E-state index in [2.05, 4.69) is 5.32 Å². The van der Waals surface area contributed by atoms with Crippen LogP contribution in [0.15, 0.2) is 36.4 Å². The van der Waals surface area contributed by atoms with Gasteiger partial charge in [-0.25, -0.2) is 17.6 Å². The van der Waals surface area contributed by atoms with Gasteiger partial charge >= 0.3 is 0 Å². The lowest BCUT2D eigenvalue weighted by atomic mass is 10.2. The molecular weight excluding hydrogens is 318 g/mol. The van der Waals surface area contributed by atoms with Crippen molar-refractivity contribution in [2.45, 2.75) is 0 Å². The van der Waals surface area contributed by atoms with Crippen LogP contribution >= 0.6 is 11.3 Å². The number of hydrogen-bond acceptors (Lipinski definition) is 2. The van der Waals surface area contributed by atoms with Crippen molar-refractivity contribution in [3.05, 3.63) is 64.5 Å². The molecule has 1 N–H and O–H groups in total. The fraction of sp³-hybridized carbons (Fsp3) is 0. The Bertz CT molecular complexity index is 891. The summed E-state index contributed by atoms with van der Waals surface area (Å²) in [4.78, 5) is 12.2. The van der Waals surface area contributed by atoms with Gasteiger partial charge < -0.3 is 5.32 Å². The topological polar surface area (TPSA) is 29.1 Å². The second kappa shape index (κ2) is 5.42. The van der Waals surface area contributed by atoms with E-state index >= 15 is 0 Å². The van der Waals surface area contributed by atoms with E-state index in [1.165, 1.54) is 18.2 Å². The number of fused-ring (bicyclic) bond motifs is 1. The van der Waals surface area contributed by atoms with Crippen molar-refractivity contribution < 1.29 is 22.4 Å². The van der Waals surface area contributed by atoms with Crippen LogP contribution in [0.4, 0.5) is 23.2 Å². The second-order valence-electron chi connectivity index (χ2n) is 4.44. The predicted octanol–water partition coefficient (Wildman–Crippen LogP) is 4.71. The molecule has 3 rings (SSSR count). The number of anilines is 1. The molecule has 0 aliphatic carbocycles. The third kappa shape index (κ3) is 2.43. The molecule has 1 amide bonds. The third-order valence-electron chi connectivity index (χ3n) is 3.02. The first-order valence-corrected chi connectivity index (χ1v) is 6.92. The van der Waals surface area contributed by atoms with E-state index in [4.69, 9.17) is 0 Å². The quantitative estimate of drug-likeness (QED) is 0.536. The number of nitrogens with one attached hydrogen (secondary N) is 1. The number of carbonyl (C=O) groups is 1. The number of carbonyl (C=O) groups excluding carboxylic acids is 1. The lowest BCUT2D eigenvalue weighted by Gasteiger charge is -2.05. The number of thiophene rings is 1. The molecule has 0 bridgehead atoms. The Labute approximate surface area is 126 Å². The Hall–Kier alpha value is -2.41. The summed E-state index contributed by atoms with van der Waals surface area (Å²) in [5.74, 6) is -5.71. The number of benzene rings is 2. The Morgan fingerprint density at radius 2 is 1.73 bits per heavy atom.